The first-order valence-corrected chi connectivity index (χ1v) is 4.44. The van der Waals surface area contributed by atoms with Crippen LogP contribution in [-0.2, 0) is 9.53 Å². The van der Waals surface area contributed by atoms with Crippen molar-refractivity contribution in [3.63, 3.8) is 0 Å². The van der Waals surface area contributed by atoms with Crippen molar-refractivity contribution < 1.29 is 15.3 Å². The van der Waals surface area contributed by atoms with E-state index in [4.69, 9.17) is 4.74 Å². The molecule has 0 aromatic heterocycles. The highest BCUT2D eigenvalue weighted by Crippen LogP contribution is 2.00. The third kappa shape index (κ3) is 4.34. The van der Waals surface area contributed by atoms with Crippen molar-refractivity contribution in [3.05, 3.63) is 0 Å². The Labute approximate surface area is 74.3 Å². The predicted molar refractivity (Wildman–Crippen MR) is 47.3 cm³/mol. The van der Waals surface area contributed by atoms with Gasteiger partial charge in [-0.3, -0.25) is 0 Å². The minimum Gasteiger partial charge on any atom is -0.461 e. The third-order valence-electron chi connectivity index (χ3n) is 1.67. The zero-order valence-corrected chi connectivity index (χ0v) is 8.46. The van der Waals surface area contributed by atoms with Crippen molar-refractivity contribution in [2.45, 2.75) is 33.7 Å². The van der Waals surface area contributed by atoms with E-state index in [-0.39, 0.29) is 17.9 Å². The molecule has 3 heteroatoms. The minimum atomic E-state index is -0.233. The topological polar surface area (TPSA) is 53.9 Å². The van der Waals surface area contributed by atoms with Gasteiger partial charge in [-0.15, -0.1) is 0 Å². The summed E-state index contributed by atoms with van der Waals surface area (Å²) >= 11 is 0. The maximum Gasteiger partial charge on any atom is 0.365 e. The van der Waals surface area contributed by atoms with Gasteiger partial charge in [0.15, 0.2) is 6.04 Å². The molecule has 12 heavy (non-hydrogen) atoms. The highest BCUT2D eigenvalue weighted by atomic mass is 16.5. The van der Waals surface area contributed by atoms with Gasteiger partial charge in [-0.1, -0.05) is 27.7 Å². The second-order valence-corrected chi connectivity index (χ2v) is 3.87. The van der Waals surface area contributed by atoms with Gasteiger partial charge in [0.05, 0.1) is 6.61 Å². The molecule has 72 valence electrons. The molecule has 0 spiro atoms. The van der Waals surface area contributed by atoms with Gasteiger partial charge in [-0.2, -0.15) is 0 Å². The molecule has 0 bridgehead atoms. The van der Waals surface area contributed by atoms with Crippen LogP contribution in [0.15, 0.2) is 0 Å². The number of hydrogen-bond donors (Lipinski definition) is 1. The molecule has 0 aliphatic carbocycles. The molecule has 3 nitrogen and oxygen atoms in total. The monoisotopic (exact) mass is 174 g/mol. The summed E-state index contributed by atoms with van der Waals surface area (Å²) in [6.45, 7) is 8.46. The van der Waals surface area contributed by atoms with E-state index in [9.17, 15) is 4.79 Å². The highest BCUT2D eigenvalue weighted by molar-refractivity contribution is 5.74. The smallest absolute Gasteiger partial charge is 0.365 e. The van der Waals surface area contributed by atoms with Crippen LogP contribution >= 0.6 is 0 Å². The molecule has 0 amide bonds. The van der Waals surface area contributed by atoms with Crippen LogP contribution in [0.1, 0.15) is 27.7 Å². The minimum absolute atomic E-state index is 0.182. The van der Waals surface area contributed by atoms with Crippen LogP contribution in [-0.4, -0.2) is 18.6 Å². The van der Waals surface area contributed by atoms with Gasteiger partial charge < -0.3 is 10.5 Å². The molecule has 0 aromatic carbocycles. The Morgan fingerprint density at radius 3 is 2.17 bits per heavy atom. The van der Waals surface area contributed by atoms with Gasteiger partial charge in [-0.05, 0) is 5.92 Å². The normalized spacial score (nSPS) is 13.6. The molecule has 0 radical (unpaired) electrons. The number of quaternary nitrogens is 1. The largest absolute Gasteiger partial charge is 0.461 e. The first-order valence-electron chi connectivity index (χ1n) is 4.44. The van der Waals surface area contributed by atoms with Crippen molar-refractivity contribution in [1.29, 1.82) is 0 Å². The Morgan fingerprint density at radius 2 is 1.83 bits per heavy atom. The molecule has 0 aromatic rings. The van der Waals surface area contributed by atoms with E-state index < -0.39 is 0 Å². The first kappa shape index (κ1) is 11.4. The van der Waals surface area contributed by atoms with E-state index in [0.29, 0.717) is 12.5 Å². The van der Waals surface area contributed by atoms with Crippen LogP contribution in [0.4, 0.5) is 0 Å². The summed E-state index contributed by atoms with van der Waals surface area (Å²) in [7, 11) is 0. The zero-order chi connectivity index (χ0) is 9.72. The van der Waals surface area contributed by atoms with Crippen LogP contribution in [0.25, 0.3) is 0 Å². The Bertz CT molecular complexity index is 143. The average Bonchev–Trinajstić information content (AvgIpc) is 1.98. The average molecular weight is 174 g/mol. The molecule has 0 aliphatic heterocycles. The zero-order valence-electron chi connectivity index (χ0n) is 8.46. The lowest BCUT2D eigenvalue weighted by atomic mass is 10.1. The molecular formula is C9H20NO2+. The number of rotatable bonds is 4. The second kappa shape index (κ2) is 5.14. The van der Waals surface area contributed by atoms with Crippen molar-refractivity contribution in [1.82, 2.24) is 0 Å². The van der Waals surface area contributed by atoms with E-state index in [1.54, 1.807) is 0 Å². The number of hydrogen-bond acceptors (Lipinski definition) is 2. The lowest BCUT2D eigenvalue weighted by Gasteiger charge is -2.12. The maximum absolute atomic E-state index is 11.2. The van der Waals surface area contributed by atoms with E-state index in [1.807, 2.05) is 27.7 Å². The summed E-state index contributed by atoms with van der Waals surface area (Å²) in [6.07, 6.45) is 0. The van der Waals surface area contributed by atoms with Crippen LogP contribution < -0.4 is 5.73 Å². The summed E-state index contributed by atoms with van der Waals surface area (Å²) in [5.74, 6) is 0.469. The SMILES string of the molecule is CC(C)COC(=O)[C@@H]([NH3+])C(C)C. The molecular weight excluding hydrogens is 154 g/mol. The number of carbonyl (C=O) groups excluding carboxylic acids is 1. The number of ether oxygens (including phenoxy) is 1. The number of carbonyl (C=O) groups is 1. The first-order chi connectivity index (χ1) is 5.45. The Hall–Kier alpha value is -0.570. The molecule has 0 saturated carbocycles. The Morgan fingerprint density at radius 1 is 1.33 bits per heavy atom. The fourth-order valence-electron chi connectivity index (χ4n) is 0.628. The number of esters is 1. The van der Waals surface area contributed by atoms with Gasteiger partial charge in [0.1, 0.15) is 0 Å². The molecule has 0 saturated heterocycles. The van der Waals surface area contributed by atoms with Gasteiger partial charge in [0, 0.05) is 5.92 Å². The van der Waals surface area contributed by atoms with Crippen LogP contribution in [0.2, 0.25) is 0 Å². The van der Waals surface area contributed by atoms with Crippen LogP contribution in [0.3, 0.4) is 0 Å². The lowest BCUT2D eigenvalue weighted by Crippen LogP contribution is -2.67. The van der Waals surface area contributed by atoms with E-state index in [2.05, 4.69) is 5.73 Å². The van der Waals surface area contributed by atoms with Gasteiger partial charge in [-0.25, -0.2) is 4.79 Å². The quantitative estimate of drug-likeness (QED) is 0.629. The lowest BCUT2D eigenvalue weighted by molar-refractivity contribution is -0.418. The fraction of sp³-hybridized carbons (Fsp3) is 0.889. The van der Waals surface area contributed by atoms with Crippen molar-refractivity contribution in [2.24, 2.45) is 11.8 Å². The van der Waals surface area contributed by atoms with Gasteiger partial charge in [0.25, 0.3) is 0 Å². The molecule has 1 atom stereocenters. The Balaban J connectivity index is 3.72. The third-order valence-corrected chi connectivity index (χ3v) is 1.67. The van der Waals surface area contributed by atoms with Crippen LogP contribution in [0.5, 0.6) is 0 Å². The Kier molecular flexibility index (Phi) is 4.90. The summed E-state index contributed by atoms with van der Waals surface area (Å²) < 4.78 is 5.03. The fourth-order valence-corrected chi connectivity index (χ4v) is 0.628. The molecule has 0 rings (SSSR count). The van der Waals surface area contributed by atoms with Crippen LogP contribution in [0, 0.1) is 11.8 Å². The summed E-state index contributed by atoms with van der Waals surface area (Å²) in [6, 6.07) is -0.233. The predicted octanol–water partition coefficient (Wildman–Crippen LogP) is 0.452. The standard InChI is InChI=1S/C9H19NO2/c1-6(2)5-12-9(11)8(10)7(3)4/h6-8H,5,10H2,1-4H3/p+1/t8-/m0/s1. The van der Waals surface area contributed by atoms with Gasteiger partial charge >= 0.3 is 5.97 Å². The van der Waals surface area contributed by atoms with Crippen molar-refractivity contribution >= 4 is 5.97 Å². The summed E-state index contributed by atoms with van der Waals surface area (Å²) in [5, 5.41) is 0. The van der Waals surface area contributed by atoms with E-state index in [1.165, 1.54) is 0 Å². The van der Waals surface area contributed by atoms with E-state index >= 15 is 0 Å². The molecule has 3 N–H and O–H groups in total. The summed E-state index contributed by atoms with van der Waals surface area (Å²) in [4.78, 5) is 11.2. The van der Waals surface area contributed by atoms with Crippen molar-refractivity contribution in [2.75, 3.05) is 6.61 Å². The highest BCUT2D eigenvalue weighted by Gasteiger charge is 2.22. The molecule has 0 fully saturated rings. The second-order valence-electron chi connectivity index (χ2n) is 3.87. The summed E-state index contributed by atoms with van der Waals surface area (Å²) in [5.41, 5.74) is 3.74. The van der Waals surface area contributed by atoms with Gasteiger partial charge in [0.2, 0.25) is 0 Å². The van der Waals surface area contributed by atoms with E-state index in [0.717, 1.165) is 0 Å². The molecule has 0 heterocycles. The van der Waals surface area contributed by atoms with Crippen molar-refractivity contribution in [3.8, 4) is 0 Å². The maximum atomic E-state index is 11.2. The molecule has 0 unspecified atom stereocenters. The molecule has 0 aliphatic rings.